The number of rotatable bonds is 3. The molecule has 1 atom stereocenters. The minimum atomic E-state index is -0.0576. The Morgan fingerprint density at radius 3 is 2.61 bits per heavy atom. The van der Waals surface area contributed by atoms with Crippen molar-refractivity contribution in [1.29, 1.82) is 0 Å². The van der Waals surface area contributed by atoms with Crippen molar-refractivity contribution in [1.82, 2.24) is 0 Å². The van der Waals surface area contributed by atoms with E-state index in [1.54, 1.807) is 0 Å². The summed E-state index contributed by atoms with van der Waals surface area (Å²) in [6.07, 6.45) is 0.768. The first kappa shape index (κ1) is 13.9. The highest BCUT2D eigenvalue weighted by molar-refractivity contribution is 9.10. The summed E-state index contributed by atoms with van der Waals surface area (Å²) in [4.78, 5) is 0. The maximum atomic E-state index is 6.50. The molecular formula is C15H13BrCl2. The van der Waals surface area contributed by atoms with Crippen LogP contribution >= 0.6 is 39.1 Å². The molecule has 94 valence electrons. The summed E-state index contributed by atoms with van der Waals surface area (Å²) < 4.78 is 1.09. The van der Waals surface area contributed by atoms with E-state index in [-0.39, 0.29) is 5.38 Å². The molecule has 0 heterocycles. The van der Waals surface area contributed by atoms with Crippen molar-refractivity contribution in [2.75, 3.05) is 0 Å². The Bertz CT molecular complexity index is 552. The maximum Gasteiger partial charge on any atom is 0.0636 e. The fourth-order valence-electron chi connectivity index (χ4n) is 1.89. The van der Waals surface area contributed by atoms with Gasteiger partial charge in [0.1, 0.15) is 0 Å². The summed E-state index contributed by atoms with van der Waals surface area (Å²) >= 11 is 16.1. The van der Waals surface area contributed by atoms with Crippen molar-refractivity contribution in [3.05, 3.63) is 68.7 Å². The SMILES string of the molecule is Cc1cccc(C(Cl)Cc2cccc(Cl)c2)c1Br. The van der Waals surface area contributed by atoms with Gasteiger partial charge in [0, 0.05) is 9.50 Å². The third-order valence-electron chi connectivity index (χ3n) is 2.86. The highest BCUT2D eigenvalue weighted by atomic mass is 79.9. The normalized spacial score (nSPS) is 12.4. The van der Waals surface area contributed by atoms with Crippen molar-refractivity contribution >= 4 is 39.1 Å². The van der Waals surface area contributed by atoms with Gasteiger partial charge in [0.15, 0.2) is 0 Å². The highest BCUT2D eigenvalue weighted by Crippen LogP contribution is 2.33. The molecule has 0 amide bonds. The molecule has 0 spiro atoms. The van der Waals surface area contributed by atoms with Crippen LogP contribution in [-0.4, -0.2) is 0 Å². The molecular weight excluding hydrogens is 331 g/mol. The molecule has 0 fully saturated rings. The zero-order chi connectivity index (χ0) is 13.1. The average molecular weight is 344 g/mol. The third kappa shape index (κ3) is 3.28. The van der Waals surface area contributed by atoms with Crippen LogP contribution in [0.3, 0.4) is 0 Å². The van der Waals surface area contributed by atoms with E-state index in [4.69, 9.17) is 23.2 Å². The second-order valence-electron chi connectivity index (χ2n) is 4.28. The van der Waals surface area contributed by atoms with Crippen LogP contribution in [0.5, 0.6) is 0 Å². The molecule has 0 bridgehead atoms. The molecule has 0 saturated heterocycles. The number of hydrogen-bond donors (Lipinski definition) is 0. The average Bonchev–Trinajstić information content (AvgIpc) is 2.32. The van der Waals surface area contributed by atoms with Crippen molar-refractivity contribution in [3.8, 4) is 0 Å². The molecule has 18 heavy (non-hydrogen) atoms. The van der Waals surface area contributed by atoms with Gasteiger partial charge in [0.2, 0.25) is 0 Å². The molecule has 2 rings (SSSR count). The molecule has 1 unspecified atom stereocenters. The molecule has 0 aliphatic carbocycles. The van der Waals surface area contributed by atoms with Gasteiger partial charge < -0.3 is 0 Å². The zero-order valence-electron chi connectivity index (χ0n) is 9.96. The van der Waals surface area contributed by atoms with E-state index in [9.17, 15) is 0 Å². The van der Waals surface area contributed by atoms with Crippen LogP contribution in [0.1, 0.15) is 22.1 Å². The minimum absolute atomic E-state index is 0.0576. The van der Waals surface area contributed by atoms with Gasteiger partial charge >= 0.3 is 0 Å². The van der Waals surface area contributed by atoms with Gasteiger partial charge in [-0.05, 0) is 42.2 Å². The van der Waals surface area contributed by atoms with Crippen LogP contribution in [0.25, 0.3) is 0 Å². The molecule has 0 aliphatic rings. The van der Waals surface area contributed by atoms with E-state index in [1.165, 1.54) is 5.56 Å². The van der Waals surface area contributed by atoms with Gasteiger partial charge in [-0.25, -0.2) is 0 Å². The van der Waals surface area contributed by atoms with E-state index in [1.807, 2.05) is 30.3 Å². The second kappa shape index (κ2) is 6.10. The fourth-order valence-corrected chi connectivity index (χ4v) is 3.14. The van der Waals surface area contributed by atoms with Crippen molar-refractivity contribution in [3.63, 3.8) is 0 Å². The van der Waals surface area contributed by atoms with Crippen LogP contribution < -0.4 is 0 Å². The number of aryl methyl sites for hydroxylation is 1. The smallest absolute Gasteiger partial charge is 0.0636 e. The monoisotopic (exact) mass is 342 g/mol. The first-order valence-electron chi connectivity index (χ1n) is 5.71. The molecule has 0 aromatic heterocycles. The second-order valence-corrected chi connectivity index (χ2v) is 6.04. The lowest BCUT2D eigenvalue weighted by Crippen LogP contribution is -1.98. The van der Waals surface area contributed by atoms with E-state index < -0.39 is 0 Å². The van der Waals surface area contributed by atoms with Crippen molar-refractivity contribution in [2.24, 2.45) is 0 Å². The van der Waals surface area contributed by atoms with Crippen LogP contribution in [-0.2, 0) is 6.42 Å². The summed E-state index contributed by atoms with van der Waals surface area (Å²) in [5, 5.41) is 0.692. The Hall–Kier alpha value is -0.500. The molecule has 0 N–H and O–H groups in total. The largest absolute Gasteiger partial charge is 0.117 e. The molecule has 3 heteroatoms. The van der Waals surface area contributed by atoms with Crippen LogP contribution in [0.4, 0.5) is 0 Å². The Balaban J connectivity index is 2.22. The summed E-state index contributed by atoms with van der Waals surface area (Å²) in [6, 6.07) is 14.0. The molecule has 2 aromatic carbocycles. The van der Waals surface area contributed by atoms with E-state index in [0.29, 0.717) is 0 Å². The molecule has 0 nitrogen and oxygen atoms in total. The van der Waals surface area contributed by atoms with Gasteiger partial charge in [-0.15, -0.1) is 11.6 Å². The lowest BCUT2D eigenvalue weighted by molar-refractivity contribution is 0.912. The summed E-state index contributed by atoms with van der Waals surface area (Å²) in [6.45, 7) is 2.07. The van der Waals surface area contributed by atoms with E-state index >= 15 is 0 Å². The van der Waals surface area contributed by atoms with Crippen molar-refractivity contribution in [2.45, 2.75) is 18.7 Å². The summed E-state index contributed by atoms with van der Waals surface area (Å²) in [7, 11) is 0. The fraction of sp³-hybridized carbons (Fsp3) is 0.200. The minimum Gasteiger partial charge on any atom is -0.117 e. The van der Waals surface area contributed by atoms with Gasteiger partial charge in [-0.1, -0.05) is 57.9 Å². The predicted molar refractivity (Wildman–Crippen MR) is 82.6 cm³/mol. The van der Waals surface area contributed by atoms with Crippen LogP contribution in [0.2, 0.25) is 5.02 Å². The van der Waals surface area contributed by atoms with Gasteiger partial charge in [0.05, 0.1) is 5.38 Å². The topological polar surface area (TPSA) is 0 Å². The van der Waals surface area contributed by atoms with E-state index in [0.717, 1.165) is 27.0 Å². The molecule has 2 aromatic rings. The summed E-state index contributed by atoms with van der Waals surface area (Å²) in [5.41, 5.74) is 3.47. The van der Waals surface area contributed by atoms with Crippen molar-refractivity contribution < 1.29 is 0 Å². The standard InChI is InChI=1S/C15H13BrCl2/c1-10-4-2-7-13(15(10)16)14(18)9-11-5-3-6-12(17)8-11/h2-8,14H,9H2,1H3. The molecule has 0 radical (unpaired) electrons. The number of hydrogen-bond acceptors (Lipinski definition) is 0. The van der Waals surface area contributed by atoms with Crippen LogP contribution in [0, 0.1) is 6.92 Å². The number of halogens is 3. The van der Waals surface area contributed by atoms with Gasteiger partial charge in [-0.2, -0.15) is 0 Å². The lowest BCUT2D eigenvalue weighted by Gasteiger charge is -2.13. The Morgan fingerprint density at radius 1 is 1.17 bits per heavy atom. The van der Waals surface area contributed by atoms with Crippen LogP contribution in [0.15, 0.2) is 46.9 Å². The predicted octanol–water partition coefficient (Wildman–Crippen LogP) is 5.93. The van der Waals surface area contributed by atoms with Gasteiger partial charge in [-0.3, -0.25) is 0 Å². The zero-order valence-corrected chi connectivity index (χ0v) is 13.1. The summed E-state index contributed by atoms with van der Waals surface area (Å²) in [5.74, 6) is 0. The van der Waals surface area contributed by atoms with E-state index in [2.05, 4.69) is 35.0 Å². The molecule has 0 saturated carbocycles. The van der Waals surface area contributed by atoms with Gasteiger partial charge in [0.25, 0.3) is 0 Å². The molecule has 0 aliphatic heterocycles. The first-order chi connectivity index (χ1) is 8.58. The Kier molecular flexibility index (Phi) is 4.71. The third-order valence-corrected chi connectivity index (χ3v) is 4.57. The lowest BCUT2D eigenvalue weighted by atomic mass is 10.0. The highest BCUT2D eigenvalue weighted by Gasteiger charge is 2.13. The quantitative estimate of drug-likeness (QED) is 0.605. The Labute approximate surface area is 126 Å². The number of benzene rings is 2. The Morgan fingerprint density at radius 2 is 1.89 bits per heavy atom. The number of alkyl halides is 1. The maximum absolute atomic E-state index is 6.50. The first-order valence-corrected chi connectivity index (χ1v) is 7.32.